The topological polar surface area (TPSA) is 63.0 Å². The normalized spacial score (nSPS) is 12.3. The number of hydrogen-bond acceptors (Lipinski definition) is 3. The van der Waals surface area contributed by atoms with Crippen molar-refractivity contribution in [1.29, 1.82) is 0 Å². The number of H-pyrrole nitrogens is 1. The second-order valence-corrected chi connectivity index (χ2v) is 6.75. The van der Waals surface area contributed by atoms with Gasteiger partial charge in [-0.05, 0) is 43.7 Å². The van der Waals surface area contributed by atoms with Gasteiger partial charge in [0, 0.05) is 24.8 Å². The molecule has 0 aromatic carbocycles. The SMILES string of the molecule is CCC(CC)c1cc[n+]([C@@H](C)C(=O)c2[nH]c(C)c(C(=O)OC)c2C)cc1. The van der Waals surface area contributed by atoms with Crippen molar-refractivity contribution < 1.29 is 18.9 Å². The minimum absolute atomic E-state index is 0.0546. The lowest BCUT2D eigenvalue weighted by molar-refractivity contribution is -0.704. The van der Waals surface area contributed by atoms with Crippen molar-refractivity contribution in [2.45, 2.75) is 59.4 Å². The number of nitrogens with one attached hydrogen (secondary N) is 1. The van der Waals surface area contributed by atoms with Crippen molar-refractivity contribution in [3.63, 3.8) is 0 Å². The molecule has 0 aliphatic carbocycles. The van der Waals surface area contributed by atoms with Crippen LogP contribution in [-0.2, 0) is 4.74 Å². The van der Waals surface area contributed by atoms with Crippen LogP contribution in [0.1, 0.15) is 83.2 Å². The summed E-state index contributed by atoms with van der Waals surface area (Å²) in [6.07, 6.45) is 6.13. The van der Waals surface area contributed by atoms with Crippen molar-refractivity contribution in [1.82, 2.24) is 4.98 Å². The summed E-state index contributed by atoms with van der Waals surface area (Å²) in [7, 11) is 1.34. The summed E-state index contributed by atoms with van der Waals surface area (Å²) in [5.41, 5.74) is 3.49. The Morgan fingerprint density at radius 3 is 2.23 bits per heavy atom. The summed E-state index contributed by atoms with van der Waals surface area (Å²) >= 11 is 0. The molecule has 2 rings (SSSR count). The molecule has 0 aliphatic rings. The molecule has 5 heteroatoms. The zero-order valence-corrected chi connectivity index (χ0v) is 16.6. The first kappa shape index (κ1) is 19.9. The Labute approximate surface area is 155 Å². The summed E-state index contributed by atoms with van der Waals surface area (Å²) in [4.78, 5) is 28.0. The van der Waals surface area contributed by atoms with Crippen molar-refractivity contribution >= 4 is 11.8 Å². The van der Waals surface area contributed by atoms with E-state index in [0.717, 1.165) is 12.8 Å². The second-order valence-electron chi connectivity index (χ2n) is 6.75. The summed E-state index contributed by atoms with van der Waals surface area (Å²) in [5, 5.41) is 0. The number of Topliss-reactive ketones (excluding diaryl/α,β-unsaturated/α-hetero) is 1. The van der Waals surface area contributed by atoms with Crippen LogP contribution in [0, 0.1) is 13.8 Å². The third-order valence-electron chi connectivity index (χ3n) is 5.24. The molecule has 0 radical (unpaired) electrons. The molecule has 0 unspecified atom stereocenters. The Kier molecular flexibility index (Phi) is 6.35. The van der Waals surface area contributed by atoms with Crippen LogP contribution in [0.3, 0.4) is 0 Å². The third kappa shape index (κ3) is 3.71. The third-order valence-corrected chi connectivity index (χ3v) is 5.24. The number of methoxy groups -OCH3 is 1. The summed E-state index contributed by atoms with van der Waals surface area (Å²) in [5.74, 6) is 0.0674. The number of pyridine rings is 1. The summed E-state index contributed by atoms with van der Waals surface area (Å²) < 4.78 is 6.72. The number of ether oxygens (including phenoxy) is 1. The molecule has 5 nitrogen and oxygen atoms in total. The number of aromatic nitrogens is 2. The lowest BCUT2D eigenvalue weighted by Crippen LogP contribution is -2.42. The van der Waals surface area contributed by atoms with Crippen LogP contribution in [0.2, 0.25) is 0 Å². The quantitative estimate of drug-likeness (QED) is 0.462. The zero-order chi connectivity index (χ0) is 19.4. The van der Waals surface area contributed by atoms with Gasteiger partial charge in [-0.3, -0.25) is 4.79 Å². The van der Waals surface area contributed by atoms with Gasteiger partial charge in [-0.1, -0.05) is 13.8 Å². The standard InChI is InChI=1S/C21H28N2O3/c1-7-16(8-2)17-9-11-23(12-10-17)15(5)20(24)19-13(3)18(14(4)22-19)21(25)26-6/h9-12,15-16H,7-8H2,1-6H3/p+1/t15-/m0/s1. The van der Waals surface area contributed by atoms with Gasteiger partial charge in [-0.15, -0.1) is 0 Å². The first-order chi connectivity index (χ1) is 12.3. The number of aryl methyl sites for hydroxylation is 1. The van der Waals surface area contributed by atoms with Crippen LogP contribution in [0.15, 0.2) is 24.5 Å². The van der Waals surface area contributed by atoms with Gasteiger partial charge in [-0.2, -0.15) is 4.57 Å². The molecule has 2 aromatic rings. The van der Waals surface area contributed by atoms with E-state index in [9.17, 15) is 9.59 Å². The minimum Gasteiger partial charge on any atom is -0.465 e. The van der Waals surface area contributed by atoms with Gasteiger partial charge in [0.05, 0.1) is 18.4 Å². The summed E-state index contributed by atoms with van der Waals surface area (Å²) in [6.45, 7) is 9.80. The van der Waals surface area contributed by atoms with E-state index in [1.54, 1.807) is 13.8 Å². The van der Waals surface area contributed by atoms with E-state index in [1.807, 2.05) is 23.9 Å². The lowest BCUT2D eigenvalue weighted by Gasteiger charge is -2.12. The molecule has 1 atom stereocenters. The Hall–Kier alpha value is -2.43. The van der Waals surface area contributed by atoms with E-state index in [1.165, 1.54) is 12.7 Å². The van der Waals surface area contributed by atoms with Crippen molar-refractivity contribution in [2.75, 3.05) is 7.11 Å². The molecule has 0 aliphatic heterocycles. The van der Waals surface area contributed by atoms with E-state index in [0.29, 0.717) is 28.4 Å². The number of rotatable bonds is 7. The van der Waals surface area contributed by atoms with Gasteiger partial charge in [0.25, 0.3) is 0 Å². The Bertz CT molecular complexity index is 786. The molecule has 0 saturated heterocycles. The van der Waals surface area contributed by atoms with Crippen LogP contribution < -0.4 is 4.57 Å². The highest BCUT2D eigenvalue weighted by atomic mass is 16.5. The fraction of sp³-hybridized carbons (Fsp3) is 0.476. The fourth-order valence-corrected chi connectivity index (χ4v) is 3.49. The van der Waals surface area contributed by atoms with Crippen LogP contribution in [0.5, 0.6) is 0 Å². The molecule has 2 aromatic heterocycles. The average Bonchev–Trinajstić information content (AvgIpc) is 2.95. The number of nitrogens with zero attached hydrogens (tertiary/aromatic N) is 1. The molecular formula is C21H29N2O3+. The zero-order valence-electron chi connectivity index (χ0n) is 16.6. The average molecular weight is 357 g/mol. The largest absolute Gasteiger partial charge is 0.465 e. The summed E-state index contributed by atoms with van der Waals surface area (Å²) in [6, 6.07) is 3.82. The Morgan fingerprint density at radius 2 is 1.73 bits per heavy atom. The van der Waals surface area contributed by atoms with E-state index in [-0.39, 0.29) is 11.8 Å². The number of aromatic amines is 1. The molecule has 0 spiro atoms. The number of hydrogen-bond donors (Lipinski definition) is 1. The molecule has 2 heterocycles. The monoisotopic (exact) mass is 357 g/mol. The van der Waals surface area contributed by atoms with E-state index < -0.39 is 5.97 Å². The highest BCUT2D eigenvalue weighted by Gasteiger charge is 2.29. The number of carbonyl (C=O) groups excluding carboxylic acids is 2. The number of esters is 1. The fourth-order valence-electron chi connectivity index (χ4n) is 3.49. The molecule has 1 N–H and O–H groups in total. The van der Waals surface area contributed by atoms with Crippen molar-refractivity contribution in [2.24, 2.45) is 0 Å². The number of carbonyl (C=O) groups is 2. The van der Waals surface area contributed by atoms with Gasteiger partial charge >= 0.3 is 5.97 Å². The van der Waals surface area contributed by atoms with Crippen LogP contribution >= 0.6 is 0 Å². The number of ketones is 1. The van der Waals surface area contributed by atoms with E-state index >= 15 is 0 Å². The Balaban J connectivity index is 2.29. The van der Waals surface area contributed by atoms with Gasteiger partial charge in [0.1, 0.15) is 0 Å². The van der Waals surface area contributed by atoms with Crippen LogP contribution in [-0.4, -0.2) is 23.8 Å². The van der Waals surface area contributed by atoms with Crippen LogP contribution in [0.25, 0.3) is 0 Å². The molecule has 0 fully saturated rings. The first-order valence-electron chi connectivity index (χ1n) is 9.17. The van der Waals surface area contributed by atoms with E-state index in [4.69, 9.17) is 4.74 Å². The minimum atomic E-state index is -0.426. The highest BCUT2D eigenvalue weighted by Crippen LogP contribution is 2.23. The smallest absolute Gasteiger partial charge is 0.339 e. The maximum Gasteiger partial charge on any atom is 0.339 e. The molecule has 0 saturated carbocycles. The maximum absolute atomic E-state index is 13.0. The van der Waals surface area contributed by atoms with Gasteiger partial charge < -0.3 is 9.72 Å². The van der Waals surface area contributed by atoms with Gasteiger partial charge in [0.2, 0.25) is 11.8 Å². The maximum atomic E-state index is 13.0. The van der Waals surface area contributed by atoms with Gasteiger partial charge in [0.15, 0.2) is 12.4 Å². The van der Waals surface area contributed by atoms with E-state index in [2.05, 4.69) is 31.0 Å². The predicted molar refractivity (Wildman–Crippen MR) is 101 cm³/mol. The molecule has 0 bridgehead atoms. The van der Waals surface area contributed by atoms with Crippen LogP contribution in [0.4, 0.5) is 0 Å². The molecule has 140 valence electrons. The molecule has 26 heavy (non-hydrogen) atoms. The Morgan fingerprint density at radius 1 is 1.15 bits per heavy atom. The first-order valence-corrected chi connectivity index (χ1v) is 9.17. The van der Waals surface area contributed by atoms with Crippen molar-refractivity contribution in [3.05, 3.63) is 52.6 Å². The van der Waals surface area contributed by atoms with Crippen molar-refractivity contribution in [3.8, 4) is 0 Å². The second kappa shape index (κ2) is 8.30. The predicted octanol–water partition coefficient (Wildman–Crippen LogP) is 4.05. The molecule has 0 amide bonds. The highest BCUT2D eigenvalue weighted by molar-refractivity contribution is 6.02. The molecular weight excluding hydrogens is 328 g/mol. The van der Waals surface area contributed by atoms with Gasteiger partial charge in [-0.25, -0.2) is 4.79 Å². The lowest BCUT2D eigenvalue weighted by atomic mass is 9.95.